The van der Waals surface area contributed by atoms with Crippen molar-refractivity contribution in [3.8, 4) is 22.8 Å². The van der Waals surface area contributed by atoms with E-state index in [2.05, 4.69) is 10.4 Å². The largest absolute Gasteiger partial charge is 0.454 e. The average Bonchev–Trinajstić information content (AvgIpc) is 3.07. The molecule has 0 saturated heterocycles. The number of nitrogens with zero attached hydrogens (tertiary/aromatic N) is 2. The van der Waals surface area contributed by atoms with Crippen LogP contribution in [0.4, 0.5) is 5.82 Å². The molecule has 1 aromatic carbocycles. The summed E-state index contributed by atoms with van der Waals surface area (Å²) < 4.78 is 12.7. The lowest BCUT2D eigenvalue weighted by Gasteiger charge is -2.03. The summed E-state index contributed by atoms with van der Waals surface area (Å²) >= 11 is 1.58. The summed E-state index contributed by atoms with van der Waals surface area (Å²) in [7, 11) is 0. The fourth-order valence-corrected chi connectivity index (χ4v) is 3.19. The zero-order chi connectivity index (χ0) is 13.0. The van der Waals surface area contributed by atoms with Crippen LogP contribution in [0.1, 0.15) is 5.69 Å². The molecule has 2 N–H and O–H groups in total. The first-order valence-corrected chi connectivity index (χ1v) is 6.74. The van der Waals surface area contributed by atoms with Gasteiger partial charge in [-0.2, -0.15) is 0 Å². The van der Waals surface area contributed by atoms with Crippen molar-refractivity contribution in [1.82, 2.24) is 9.38 Å². The first kappa shape index (κ1) is 10.7. The number of nitrogen functional groups attached to an aromatic ring is 1. The van der Waals surface area contributed by atoms with Crippen LogP contribution in [0, 0.1) is 6.92 Å². The number of thiazole rings is 1. The third kappa shape index (κ3) is 1.43. The number of aromatic nitrogens is 2. The molecule has 19 heavy (non-hydrogen) atoms. The Kier molecular flexibility index (Phi) is 2.05. The Hall–Kier alpha value is -2.21. The summed E-state index contributed by atoms with van der Waals surface area (Å²) in [6.07, 6.45) is 0. The van der Waals surface area contributed by atoms with E-state index in [9.17, 15) is 0 Å². The highest BCUT2D eigenvalue weighted by Gasteiger charge is 2.17. The highest BCUT2D eigenvalue weighted by molar-refractivity contribution is 7.15. The van der Waals surface area contributed by atoms with Gasteiger partial charge >= 0.3 is 0 Å². The molecule has 4 rings (SSSR count). The quantitative estimate of drug-likeness (QED) is 0.740. The Labute approximate surface area is 113 Å². The van der Waals surface area contributed by atoms with Gasteiger partial charge in [0.25, 0.3) is 0 Å². The van der Waals surface area contributed by atoms with Crippen LogP contribution in [0.15, 0.2) is 23.6 Å². The Morgan fingerprint density at radius 3 is 3.05 bits per heavy atom. The number of imidazole rings is 1. The molecule has 1 aliphatic rings. The molecule has 3 heterocycles. The molecule has 0 spiro atoms. The molecule has 0 amide bonds. The minimum Gasteiger partial charge on any atom is -0.454 e. The number of aryl methyl sites for hydroxylation is 1. The third-order valence-corrected chi connectivity index (χ3v) is 4.08. The lowest BCUT2D eigenvalue weighted by molar-refractivity contribution is 0.174. The molecule has 0 atom stereocenters. The molecule has 0 bridgehead atoms. The van der Waals surface area contributed by atoms with Gasteiger partial charge in [-0.1, -0.05) is 0 Å². The third-order valence-electron chi connectivity index (χ3n) is 3.25. The van der Waals surface area contributed by atoms with E-state index in [0.29, 0.717) is 5.82 Å². The highest BCUT2D eigenvalue weighted by Crippen LogP contribution is 2.37. The molecule has 6 heteroatoms. The van der Waals surface area contributed by atoms with Gasteiger partial charge in [0.15, 0.2) is 16.5 Å². The number of fused-ring (bicyclic) bond motifs is 2. The van der Waals surface area contributed by atoms with E-state index in [1.807, 2.05) is 29.5 Å². The molecule has 1 aliphatic heterocycles. The maximum absolute atomic E-state index is 6.08. The molecule has 96 valence electrons. The standard InChI is InChI=1S/C13H11N3O2S/c1-7-12(14)16-9(5-19-13(16)15-7)8-2-3-10-11(4-8)18-6-17-10/h2-5H,6,14H2,1H3. The predicted molar refractivity (Wildman–Crippen MR) is 73.8 cm³/mol. The van der Waals surface area contributed by atoms with E-state index in [1.54, 1.807) is 11.3 Å². The molecule has 0 unspecified atom stereocenters. The van der Waals surface area contributed by atoms with Crippen LogP contribution in [0.2, 0.25) is 0 Å². The molecule has 0 fully saturated rings. The maximum atomic E-state index is 6.08. The van der Waals surface area contributed by atoms with Gasteiger partial charge < -0.3 is 15.2 Å². The first-order valence-electron chi connectivity index (χ1n) is 5.86. The van der Waals surface area contributed by atoms with E-state index in [0.717, 1.165) is 33.4 Å². The summed E-state index contributed by atoms with van der Waals surface area (Å²) in [6.45, 7) is 2.20. The van der Waals surface area contributed by atoms with E-state index >= 15 is 0 Å². The smallest absolute Gasteiger partial charge is 0.231 e. The van der Waals surface area contributed by atoms with Gasteiger partial charge in [-0.05, 0) is 25.1 Å². The van der Waals surface area contributed by atoms with Crippen LogP contribution >= 0.6 is 11.3 Å². The zero-order valence-corrected chi connectivity index (χ0v) is 11.0. The monoisotopic (exact) mass is 273 g/mol. The second-order valence-electron chi connectivity index (χ2n) is 4.39. The normalized spacial score (nSPS) is 13.3. The Bertz CT molecular complexity index is 791. The van der Waals surface area contributed by atoms with Gasteiger partial charge in [0.1, 0.15) is 5.82 Å². The number of rotatable bonds is 1. The van der Waals surface area contributed by atoms with Crippen LogP contribution in [0.5, 0.6) is 11.5 Å². The van der Waals surface area contributed by atoms with E-state index in [-0.39, 0.29) is 6.79 Å². The molecule has 0 saturated carbocycles. The highest BCUT2D eigenvalue weighted by atomic mass is 32.1. The number of benzene rings is 1. The minimum absolute atomic E-state index is 0.282. The molecular weight excluding hydrogens is 262 g/mol. The van der Waals surface area contributed by atoms with E-state index in [1.165, 1.54) is 0 Å². The first-order chi connectivity index (χ1) is 9.24. The Morgan fingerprint density at radius 2 is 2.16 bits per heavy atom. The summed E-state index contributed by atoms with van der Waals surface area (Å²) in [5, 5.41) is 2.05. The van der Waals surface area contributed by atoms with Gasteiger partial charge in [0.2, 0.25) is 6.79 Å². The van der Waals surface area contributed by atoms with Crippen molar-refractivity contribution in [3.63, 3.8) is 0 Å². The van der Waals surface area contributed by atoms with Crippen molar-refractivity contribution in [2.75, 3.05) is 12.5 Å². The van der Waals surface area contributed by atoms with Crippen LogP contribution < -0.4 is 15.2 Å². The summed E-state index contributed by atoms with van der Waals surface area (Å²) in [5.41, 5.74) is 9.01. The second kappa shape index (κ2) is 3.64. The number of nitrogens with two attached hydrogens (primary N) is 1. The van der Waals surface area contributed by atoms with Crippen molar-refractivity contribution in [3.05, 3.63) is 29.3 Å². The Balaban J connectivity index is 1.94. The summed E-state index contributed by atoms with van der Waals surface area (Å²) in [6, 6.07) is 5.89. The minimum atomic E-state index is 0.282. The summed E-state index contributed by atoms with van der Waals surface area (Å²) in [5.74, 6) is 2.24. The van der Waals surface area contributed by atoms with Crippen molar-refractivity contribution in [2.45, 2.75) is 6.92 Å². The molecule has 5 nitrogen and oxygen atoms in total. The zero-order valence-electron chi connectivity index (χ0n) is 10.2. The predicted octanol–water partition coefficient (Wildman–Crippen LogP) is 2.68. The van der Waals surface area contributed by atoms with Crippen LogP contribution in [0.3, 0.4) is 0 Å². The average molecular weight is 273 g/mol. The molecule has 3 aromatic rings. The van der Waals surface area contributed by atoms with Gasteiger partial charge in [-0.15, -0.1) is 11.3 Å². The van der Waals surface area contributed by atoms with Gasteiger partial charge in [0, 0.05) is 10.9 Å². The molecule has 0 radical (unpaired) electrons. The number of hydrogen-bond acceptors (Lipinski definition) is 5. The molecular formula is C13H11N3O2S. The number of anilines is 1. The molecule has 0 aliphatic carbocycles. The van der Waals surface area contributed by atoms with E-state index < -0.39 is 0 Å². The van der Waals surface area contributed by atoms with Crippen molar-refractivity contribution >= 4 is 22.1 Å². The molecule has 2 aromatic heterocycles. The Morgan fingerprint density at radius 1 is 1.32 bits per heavy atom. The van der Waals surface area contributed by atoms with Crippen molar-refractivity contribution < 1.29 is 9.47 Å². The number of hydrogen-bond donors (Lipinski definition) is 1. The van der Waals surface area contributed by atoms with Gasteiger partial charge in [-0.25, -0.2) is 4.98 Å². The fourth-order valence-electron chi connectivity index (χ4n) is 2.24. The van der Waals surface area contributed by atoms with Crippen LogP contribution in [-0.2, 0) is 0 Å². The van der Waals surface area contributed by atoms with Crippen molar-refractivity contribution in [2.24, 2.45) is 0 Å². The van der Waals surface area contributed by atoms with Crippen LogP contribution in [-0.4, -0.2) is 16.2 Å². The van der Waals surface area contributed by atoms with Gasteiger partial charge in [0.05, 0.1) is 11.4 Å². The maximum Gasteiger partial charge on any atom is 0.231 e. The second-order valence-corrected chi connectivity index (χ2v) is 5.23. The number of ether oxygens (including phenoxy) is 2. The van der Waals surface area contributed by atoms with Crippen LogP contribution in [0.25, 0.3) is 16.2 Å². The van der Waals surface area contributed by atoms with Crippen molar-refractivity contribution in [1.29, 1.82) is 0 Å². The van der Waals surface area contributed by atoms with E-state index in [4.69, 9.17) is 15.2 Å². The summed E-state index contributed by atoms with van der Waals surface area (Å²) in [4.78, 5) is 5.34. The topological polar surface area (TPSA) is 61.8 Å². The fraction of sp³-hybridized carbons (Fsp3) is 0.154. The lowest BCUT2D eigenvalue weighted by Crippen LogP contribution is -1.95. The van der Waals surface area contributed by atoms with Gasteiger partial charge in [-0.3, -0.25) is 4.40 Å². The lowest BCUT2D eigenvalue weighted by atomic mass is 10.1. The SMILES string of the molecule is Cc1nc2scc(-c3ccc4c(c3)OCO4)n2c1N.